The molecular weight excluding hydrogens is 180 g/mol. The summed E-state index contributed by atoms with van der Waals surface area (Å²) in [6, 6.07) is 0. The van der Waals surface area contributed by atoms with Gasteiger partial charge in [0, 0.05) is 0 Å². The van der Waals surface area contributed by atoms with Crippen molar-refractivity contribution in [2.75, 3.05) is 0 Å². The van der Waals surface area contributed by atoms with E-state index in [0.29, 0.717) is 5.92 Å². The van der Waals surface area contributed by atoms with Crippen LogP contribution in [0.5, 0.6) is 0 Å². The maximum absolute atomic E-state index is 4.11. The molecule has 0 aromatic rings. The van der Waals surface area contributed by atoms with E-state index < -0.39 is 0 Å². The van der Waals surface area contributed by atoms with Crippen LogP contribution in [0, 0.1) is 11.8 Å². The molecular formula is C15H24. The van der Waals surface area contributed by atoms with Gasteiger partial charge >= 0.3 is 0 Å². The molecule has 15 heavy (non-hydrogen) atoms. The molecule has 1 unspecified atom stereocenters. The van der Waals surface area contributed by atoms with Crippen molar-refractivity contribution in [3.05, 3.63) is 35.5 Å². The molecule has 0 spiro atoms. The van der Waals surface area contributed by atoms with Crippen molar-refractivity contribution < 1.29 is 0 Å². The zero-order chi connectivity index (χ0) is 11.4. The molecule has 0 nitrogen and oxygen atoms in total. The van der Waals surface area contributed by atoms with E-state index in [4.69, 9.17) is 0 Å². The summed E-state index contributed by atoms with van der Waals surface area (Å²) in [7, 11) is 0. The smallest absolute Gasteiger partial charge is 0.0139 e. The molecule has 0 aromatic carbocycles. The summed E-state index contributed by atoms with van der Waals surface area (Å²) in [4.78, 5) is 0. The van der Waals surface area contributed by atoms with Gasteiger partial charge in [-0.25, -0.2) is 0 Å². The maximum Gasteiger partial charge on any atom is -0.0139 e. The van der Waals surface area contributed by atoms with Crippen LogP contribution < -0.4 is 0 Å². The van der Waals surface area contributed by atoms with E-state index >= 15 is 0 Å². The van der Waals surface area contributed by atoms with Gasteiger partial charge in [0.05, 0.1) is 0 Å². The molecule has 1 aliphatic carbocycles. The number of hydrogen-bond acceptors (Lipinski definition) is 0. The number of allylic oxidation sites excluding steroid dienone is 5. The highest BCUT2D eigenvalue weighted by molar-refractivity contribution is 5.41. The molecule has 0 fully saturated rings. The van der Waals surface area contributed by atoms with Gasteiger partial charge in [0.2, 0.25) is 0 Å². The van der Waals surface area contributed by atoms with Crippen LogP contribution in [0.25, 0.3) is 0 Å². The van der Waals surface area contributed by atoms with Gasteiger partial charge < -0.3 is 0 Å². The highest BCUT2D eigenvalue weighted by Gasteiger charge is 2.19. The normalized spacial score (nSPS) is 18.5. The van der Waals surface area contributed by atoms with E-state index in [1.54, 1.807) is 5.57 Å². The lowest BCUT2D eigenvalue weighted by Gasteiger charge is -2.26. The molecule has 1 atom stereocenters. The monoisotopic (exact) mass is 204 g/mol. The third-order valence-corrected chi connectivity index (χ3v) is 3.37. The fourth-order valence-corrected chi connectivity index (χ4v) is 2.54. The third kappa shape index (κ3) is 2.84. The summed E-state index contributed by atoms with van der Waals surface area (Å²) < 4.78 is 0. The fraction of sp³-hybridized carbons (Fsp3) is 0.600. The van der Waals surface area contributed by atoms with Crippen LogP contribution in [-0.4, -0.2) is 0 Å². The van der Waals surface area contributed by atoms with E-state index in [-0.39, 0.29) is 0 Å². The van der Waals surface area contributed by atoms with E-state index in [0.717, 1.165) is 5.92 Å². The van der Waals surface area contributed by atoms with E-state index in [1.165, 1.54) is 30.4 Å². The van der Waals surface area contributed by atoms with Crippen LogP contribution in [0.3, 0.4) is 0 Å². The Bertz CT molecular complexity index is 289. The summed E-state index contributed by atoms with van der Waals surface area (Å²) in [6.45, 7) is 13.2. The Labute approximate surface area is 94.8 Å². The van der Waals surface area contributed by atoms with Crippen LogP contribution in [0.1, 0.15) is 47.0 Å². The lowest BCUT2D eigenvalue weighted by atomic mass is 9.79. The molecule has 1 rings (SSSR count). The average Bonchev–Trinajstić information content (AvgIpc) is 2.18. The molecule has 1 aliphatic rings. The standard InChI is InChI=1S/C15H24/c1-6-13(11(2)3)15-10-8-7-9-14(15)12(4)5/h8,10-11,13H,4,6-7,9H2,1-3,5H3. The molecule has 0 aromatic heterocycles. The zero-order valence-corrected chi connectivity index (χ0v) is 10.6. The van der Waals surface area contributed by atoms with Crippen molar-refractivity contribution >= 4 is 0 Å². The van der Waals surface area contributed by atoms with Gasteiger partial charge in [-0.1, -0.05) is 45.1 Å². The Balaban J connectivity index is 3.06. The van der Waals surface area contributed by atoms with Gasteiger partial charge in [0.15, 0.2) is 0 Å². The van der Waals surface area contributed by atoms with E-state index in [9.17, 15) is 0 Å². The Morgan fingerprint density at radius 3 is 2.60 bits per heavy atom. The number of hydrogen-bond donors (Lipinski definition) is 0. The van der Waals surface area contributed by atoms with Crippen molar-refractivity contribution in [3.63, 3.8) is 0 Å². The van der Waals surface area contributed by atoms with Gasteiger partial charge in [-0.3, -0.25) is 0 Å². The van der Waals surface area contributed by atoms with Crippen LogP contribution in [0.2, 0.25) is 0 Å². The van der Waals surface area contributed by atoms with Crippen LogP contribution in [0.15, 0.2) is 35.5 Å². The first-order valence-corrected chi connectivity index (χ1v) is 6.13. The van der Waals surface area contributed by atoms with E-state index in [2.05, 4.69) is 46.4 Å². The zero-order valence-electron chi connectivity index (χ0n) is 10.6. The molecule has 0 aliphatic heterocycles. The van der Waals surface area contributed by atoms with Crippen molar-refractivity contribution in [2.24, 2.45) is 11.8 Å². The van der Waals surface area contributed by atoms with Crippen LogP contribution >= 0.6 is 0 Å². The minimum absolute atomic E-state index is 0.702. The quantitative estimate of drug-likeness (QED) is 0.611. The molecule has 0 N–H and O–H groups in total. The molecule has 0 saturated carbocycles. The SMILES string of the molecule is C=C(C)C1=C(C(CC)C(C)C)C=CCC1. The molecule has 0 heterocycles. The van der Waals surface area contributed by atoms with Gasteiger partial charge in [-0.2, -0.15) is 0 Å². The van der Waals surface area contributed by atoms with Crippen LogP contribution in [0.4, 0.5) is 0 Å². The fourth-order valence-electron chi connectivity index (χ4n) is 2.54. The Morgan fingerprint density at radius 1 is 1.47 bits per heavy atom. The summed E-state index contributed by atoms with van der Waals surface area (Å²) in [5.74, 6) is 1.43. The topological polar surface area (TPSA) is 0 Å². The van der Waals surface area contributed by atoms with E-state index in [1.807, 2.05) is 0 Å². The molecule has 0 radical (unpaired) electrons. The first kappa shape index (κ1) is 12.3. The van der Waals surface area contributed by atoms with Gasteiger partial charge in [-0.15, -0.1) is 0 Å². The minimum atomic E-state index is 0.702. The first-order valence-electron chi connectivity index (χ1n) is 6.13. The lowest BCUT2D eigenvalue weighted by Crippen LogP contribution is -2.13. The Hall–Kier alpha value is -0.780. The van der Waals surface area contributed by atoms with Gasteiger partial charge in [0.1, 0.15) is 0 Å². The second kappa shape index (κ2) is 5.34. The predicted molar refractivity (Wildman–Crippen MR) is 68.8 cm³/mol. The molecule has 0 bridgehead atoms. The molecule has 0 amide bonds. The lowest BCUT2D eigenvalue weighted by molar-refractivity contribution is 0.433. The molecule has 84 valence electrons. The van der Waals surface area contributed by atoms with Gasteiger partial charge in [-0.05, 0) is 49.2 Å². The minimum Gasteiger partial charge on any atom is -0.0958 e. The van der Waals surface area contributed by atoms with Crippen molar-refractivity contribution in [2.45, 2.75) is 47.0 Å². The Morgan fingerprint density at radius 2 is 2.13 bits per heavy atom. The maximum atomic E-state index is 4.11. The van der Waals surface area contributed by atoms with Crippen molar-refractivity contribution in [3.8, 4) is 0 Å². The van der Waals surface area contributed by atoms with Crippen LogP contribution in [-0.2, 0) is 0 Å². The second-order valence-corrected chi connectivity index (χ2v) is 4.91. The Kier molecular flexibility index (Phi) is 4.38. The van der Waals surface area contributed by atoms with Crippen molar-refractivity contribution in [1.82, 2.24) is 0 Å². The van der Waals surface area contributed by atoms with Crippen molar-refractivity contribution in [1.29, 1.82) is 0 Å². The molecule has 0 heteroatoms. The van der Waals surface area contributed by atoms with Gasteiger partial charge in [0.25, 0.3) is 0 Å². The first-order chi connectivity index (χ1) is 7.07. The summed E-state index contributed by atoms with van der Waals surface area (Å²) in [6.07, 6.45) is 8.24. The average molecular weight is 204 g/mol. The predicted octanol–water partition coefficient (Wildman–Crippen LogP) is 4.89. The highest BCUT2D eigenvalue weighted by Crippen LogP contribution is 2.34. The second-order valence-electron chi connectivity index (χ2n) is 4.91. The highest BCUT2D eigenvalue weighted by atomic mass is 14.2. The summed E-state index contributed by atoms with van der Waals surface area (Å²) in [5.41, 5.74) is 4.32. The third-order valence-electron chi connectivity index (χ3n) is 3.37. The number of rotatable bonds is 4. The molecule has 0 saturated heterocycles. The summed E-state index contributed by atoms with van der Waals surface area (Å²) in [5, 5.41) is 0. The largest absolute Gasteiger partial charge is 0.0958 e. The summed E-state index contributed by atoms with van der Waals surface area (Å²) >= 11 is 0.